The molecule has 0 bridgehead atoms. The van der Waals surface area contributed by atoms with E-state index in [2.05, 4.69) is 49.4 Å². The second-order valence-electron chi connectivity index (χ2n) is 5.20. The minimum absolute atomic E-state index is 0.953. The quantitative estimate of drug-likeness (QED) is 0.912. The van der Waals surface area contributed by atoms with E-state index in [9.17, 15) is 0 Å². The second-order valence-corrected chi connectivity index (χ2v) is 5.20. The van der Waals surface area contributed by atoms with Gasteiger partial charge in [-0.2, -0.15) is 5.10 Å². The summed E-state index contributed by atoms with van der Waals surface area (Å²) in [5.41, 5.74) is 7.65. The molecule has 0 aliphatic heterocycles. The first-order valence-corrected chi connectivity index (χ1v) is 6.79. The van der Waals surface area contributed by atoms with Crippen LogP contribution in [0.2, 0.25) is 0 Å². The van der Waals surface area contributed by atoms with Crippen molar-refractivity contribution in [3.05, 3.63) is 40.7 Å². The van der Waals surface area contributed by atoms with Crippen molar-refractivity contribution in [2.24, 2.45) is 7.05 Å². The normalized spacial score (nSPS) is 11.0. The zero-order chi connectivity index (χ0) is 14.0. The largest absolute Gasteiger partial charge is 0.319 e. The lowest BCUT2D eigenvalue weighted by molar-refractivity contribution is 0.703. The van der Waals surface area contributed by atoms with Crippen LogP contribution in [0.25, 0.3) is 11.1 Å². The van der Waals surface area contributed by atoms with E-state index < -0.39 is 0 Å². The molecule has 2 aromatic rings. The Morgan fingerprint density at radius 1 is 1.21 bits per heavy atom. The maximum absolute atomic E-state index is 4.67. The molecular weight excluding hydrogens is 234 g/mol. The Labute approximate surface area is 115 Å². The van der Waals surface area contributed by atoms with Gasteiger partial charge in [-0.05, 0) is 38.9 Å². The molecule has 3 nitrogen and oxygen atoms in total. The number of benzene rings is 1. The van der Waals surface area contributed by atoms with Crippen molar-refractivity contribution < 1.29 is 0 Å². The van der Waals surface area contributed by atoms with Crippen molar-refractivity contribution in [1.29, 1.82) is 0 Å². The summed E-state index contributed by atoms with van der Waals surface area (Å²) >= 11 is 0. The molecule has 0 saturated heterocycles. The lowest BCUT2D eigenvalue weighted by Gasteiger charge is -2.09. The monoisotopic (exact) mass is 257 g/mol. The number of nitrogens with one attached hydrogen (secondary N) is 1. The van der Waals surface area contributed by atoms with Crippen LogP contribution in [-0.4, -0.2) is 23.4 Å². The van der Waals surface area contributed by atoms with Gasteiger partial charge in [-0.1, -0.05) is 23.8 Å². The van der Waals surface area contributed by atoms with E-state index in [-0.39, 0.29) is 0 Å². The van der Waals surface area contributed by atoms with Gasteiger partial charge >= 0.3 is 0 Å². The van der Waals surface area contributed by atoms with E-state index in [1.165, 1.54) is 33.6 Å². The molecule has 0 unspecified atom stereocenters. The summed E-state index contributed by atoms with van der Waals surface area (Å²) in [5.74, 6) is 0. The Morgan fingerprint density at radius 2 is 1.95 bits per heavy atom. The van der Waals surface area contributed by atoms with Crippen LogP contribution in [0.4, 0.5) is 0 Å². The van der Waals surface area contributed by atoms with Gasteiger partial charge in [0.05, 0.1) is 5.69 Å². The fourth-order valence-corrected chi connectivity index (χ4v) is 2.45. The first kappa shape index (κ1) is 13.8. The number of hydrogen-bond donors (Lipinski definition) is 1. The third kappa shape index (κ3) is 2.71. The molecule has 2 rings (SSSR count). The van der Waals surface area contributed by atoms with E-state index in [1.54, 1.807) is 0 Å². The smallest absolute Gasteiger partial charge is 0.0718 e. The average Bonchev–Trinajstić information content (AvgIpc) is 2.66. The maximum Gasteiger partial charge on any atom is 0.0718 e. The summed E-state index contributed by atoms with van der Waals surface area (Å²) in [7, 11) is 4.00. The molecule has 19 heavy (non-hydrogen) atoms. The zero-order valence-electron chi connectivity index (χ0n) is 12.5. The number of aryl methyl sites for hydroxylation is 3. The standard InChI is InChI=1S/C16H23N3/c1-11-6-7-12(2)14(10-11)16-13(3)19(5)18-15(16)8-9-17-4/h6-7,10,17H,8-9H2,1-5H3. The molecule has 0 atom stereocenters. The molecule has 0 spiro atoms. The van der Waals surface area contributed by atoms with Gasteiger partial charge in [0, 0.05) is 31.3 Å². The van der Waals surface area contributed by atoms with Crippen LogP contribution < -0.4 is 5.32 Å². The molecule has 1 N–H and O–H groups in total. The number of rotatable bonds is 4. The average molecular weight is 257 g/mol. The fraction of sp³-hybridized carbons (Fsp3) is 0.438. The Balaban J connectivity index is 2.56. The highest BCUT2D eigenvalue weighted by molar-refractivity contribution is 5.72. The van der Waals surface area contributed by atoms with Crippen LogP contribution in [-0.2, 0) is 13.5 Å². The van der Waals surface area contributed by atoms with Crippen molar-refractivity contribution in [3.8, 4) is 11.1 Å². The summed E-state index contributed by atoms with van der Waals surface area (Å²) in [6.07, 6.45) is 0.959. The Morgan fingerprint density at radius 3 is 2.63 bits per heavy atom. The van der Waals surface area contributed by atoms with E-state index in [4.69, 9.17) is 0 Å². The van der Waals surface area contributed by atoms with Crippen molar-refractivity contribution in [2.75, 3.05) is 13.6 Å². The molecule has 1 aromatic heterocycles. The van der Waals surface area contributed by atoms with Crippen molar-refractivity contribution in [1.82, 2.24) is 15.1 Å². The molecule has 1 aromatic carbocycles. The number of aromatic nitrogens is 2. The minimum Gasteiger partial charge on any atom is -0.319 e. The van der Waals surface area contributed by atoms with Crippen LogP contribution in [0, 0.1) is 20.8 Å². The van der Waals surface area contributed by atoms with Crippen molar-refractivity contribution >= 4 is 0 Å². The van der Waals surface area contributed by atoms with Gasteiger partial charge in [0.2, 0.25) is 0 Å². The highest BCUT2D eigenvalue weighted by Gasteiger charge is 2.16. The first-order chi connectivity index (χ1) is 9.04. The predicted molar refractivity (Wildman–Crippen MR) is 80.5 cm³/mol. The highest BCUT2D eigenvalue weighted by Crippen LogP contribution is 2.30. The van der Waals surface area contributed by atoms with Crippen molar-refractivity contribution in [2.45, 2.75) is 27.2 Å². The van der Waals surface area contributed by atoms with Gasteiger partial charge in [0.25, 0.3) is 0 Å². The predicted octanol–water partition coefficient (Wildman–Crippen LogP) is 2.77. The summed E-state index contributed by atoms with van der Waals surface area (Å²) in [4.78, 5) is 0. The Hall–Kier alpha value is -1.61. The Kier molecular flexibility index (Phi) is 4.05. The van der Waals surface area contributed by atoms with E-state index in [0.717, 1.165) is 13.0 Å². The lowest BCUT2D eigenvalue weighted by atomic mass is 9.96. The summed E-state index contributed by atoms with van der Waals surface area (Å²) in [6.45, 7) is 7.41. The maximum atomic E-state index is 4.67. The molecule has 3 heteroatoms. The third-order valence-electron chi connectivity index (χ3n) is 3.68. The topological polar surface area (TPSA) is 29.9 Å². The van der Waals surface area contributed by atoms with Crippen LogP contribution in [0.1, 0.15) is 22.5 Å². The summed E-state index contributed by atoms with van der Waals surface area (Å²) in [5, 5.41) is 7.87. The number of hydrogen-bond acceptors (Lipinski definition) is 2. The van der Waals surface area contributed by atoms with Gasteiger partial charge in [-0.15, -0.1) is 0 Å². The lowest BCUT2D eigenvalue weighted by Crippen LogP contribution is -2.11. The van der Waals surface area contributed by atoms with Gasteiger partial charge in [-0.3, -0.25) is 4.68 Å². The second kappa shape index (κ2) is 5.57. The highest BCUT2D eigenvalue weighted by atomic mass is 15.3. The van der Waals surface area contributed by atoms with Gasteiger partial charge < -0.3 is 5.32 Å². The molecule has 0 radical (unpaired) electrons. The van der Waals surface area contributed by atoms with E-state index in [0.29, 0.717) is 0 Å². The third-order valence-corrected chi connectivity index (χ3v) is 3.68. The molecule has 0 aliphatic rings. The Bertz CT molecular complexity index is 582. The summed E-state index contributed by atoms with van der Waals surface area (Å²) < 4.78 is 1.99. The number of nitrogens with zero attached hydrogens (tertiary/aromatic N) is 2. The summed E-state index contributed by atoms with van der Waals surface area (Å²) in [6, 6.07) is 6.62. The van der Waals surface area contributed by atoms with Crippen LogP contribution >= 0.6 is 0 Å². The minimum atomic E-state index is 0.953. The fourth-order valence-electron chi connectivity index (χ4n) is 2.45. The molecule has 0 amide bonds. The molecule has 0 fully saturated rings. The zero-order valence-corrected chi connectivity index (χ0v) is 12.5. The molecule has 0 saturated carbocycles. The molecule has 0 aliphatic carbocycles. The van der Waals surface area contributed by atoms with Crippen molar-refractivity contribution in [3.63, 3.8) is 0 Å². The van der Waals surface area contributed by atoms with E-state index >= 15 is 0 Å². The SMILES string of the molecule is CNCCc1nn(C)c(C)c1-c1cc(C)ccc1C. The molecular formula is C16H23N3. The van der Waals surface area contributed by atoms with Crippen LogP contribution in [0.3, 0.4) is 0 Å². The van der Waals surface area contributed by atoms with Gasteiger partial charge in [0.1, 0.15) is 0 Å². The number of likely N-dealkylation sites (N-methyl/N-ethyl adjacent to an activating group) is 1. The van der Waals surface area contributed by atoms with Crippen LogP contribution in [0.15, 0.2) is 18.2 Å². The first-order valence-electron chi connectivity index (χ1n) is 6.79. The van der Waals surface area contributed by atoms with Gasteiger partial charge in [-0.25, -0.2) is 0 Å². The molecule has 1 heterocycles. The van der Waals surface area contributed by atoms with Crippen LogP contribution in [0.5, 0.6) is 0 Å². The van der Waals surface area contributed by atoms with E-state index in [1.807, 2.05) is 18.8 Å². The molecule has 102 valence electrons. The van der Waals surface area contributed by atoms with Gasteiger partial charge in [0.15, 0.2) is 0 Å².